The molecular formula is C23H15F2N5O2. The molecule has 2 heterocycles. The molecule has 0 saturated heterocycles. The lowest BCUT2D eigenvalue weighted by atomic mass is 10.1. The first kappa shape index (κ1) is 19.4. The third kappa shape index (κ3) is 3.79. The first-order chi connectivity index (χ1) is 15.6. The maximum atomic E-state index is 13.7. The van der Waals surface area contributed by atoms with Crippen LogP contribution in [0.5, 0.6) is 0 Å². The minimum atomic E-state index is -0.860. The number of benzene rings is 3. The van der Waals surface area contributed by atoms with E-state index in [0.29, 0.717) is 34.5 Å². The number of rotatable bonds is 4. The summed E-state index contributed by atoms with van der Waals surface area (Å²) >= 11 is 0. The van der Waals surface area contributed by atoms with Crippen LogP contribution in [0.4, 0.5) is 25.0 Å². The second-order valence-electron chi connectivity index (χ2n) is 6.93. The van der Waals surface area contributed by atoms with Crippen LogP contribution < -0.4 is 10.6 Å². The highest BCUT2D eigenvalue weighted by Crippen LogP contribution is 2.32. The van der Waals surface area contributed by atoms with E-state index in [2.05, 4.69) is 25.8 Å². The number of aromatic amines is 1. The fraction of sp³-hybridized carbons (Fsp3) is 0. The highest BCUT2D eigenvalue weighted by molar-refractivity contribution is 6.00. The summed E-state index contributed by atoms with van der Waals surface area (Å²) < 4.78 is 32.5. The van der Waals surface area contributed by atoms with Gasteiger partial charge in [-0.05, 0) is 36.4 Å². The molecule has 0 unspecified atom stereocenters. The molecule has 0 radical (unpaired) electrons. The third-order valence-electron chi connectivity index (χ3n) is 4.77. The quantitative estimate of drug-likeness (QED) is 0.335. The number of hydrogen-bond acceptors (Lipinski definition) is 4. The number of halogens is 2. The Kier molecular flexibility index (Phi) is 4.83. The lowest BCUT2D eigenvalue weighted by molar-refractivity contribution is 0.262. The molecule has 5 rings (SSSR count). The average Bonchev–Trinajstić information content (AvgIpc) is 3.43. The van der Waals surface area contributed by atoms with E-state index in [9.17, 15) is 13.6 Å². The average molecular weight is 431 g/mol. The van der Waals surface area contributed by atoms with Crippen molar-refractivity contribution in [3.8, 4) is 22.7 Å². The van der Waals surface area contributed by atoms with Crippen molar-refractivity contribution in [1.82, 2.24) is 15.2 Å². The lowest BCUT2D eigenvalue weighted by Crippen LogP contribution is -2.20. The maximum absolute atomic E-state index is 13.7. The number of carbonyl (C=O) groups excluding carboxylic acids is 1. The molecule has 0 aliphatic rings. The van der Waals surface area contributed by atoms with Crippen molar-refractivity contribution in [1.29, 1.82) is 0 Å². The fourth-order valence-electron chi connectivity index (χ4n) is 3.25. The molecule has 0 saturated carbocycles. The number of hydrogen-bond donors (Lipinski definition) is 3. The van der Waals surface area contributed by atoms with Crippen molar-refractivity contribution in [2.45, 2.75) is 0 Å². The zero-order chi connectivity index (χ0) is 22.1. The van der Waals surface area contributed by atoms with Crippen LogP contribution in [-0.4, -0.2) is 21.2 Å². The fourth-order valence-corrected chi connectivity index (χ4v) is 3.25. The van der Waals surface area contributed by atoms with Crippen LogP contribution in [0, 0.1) is 11.6 Å². The molecule has 0 spiro atoms. The van der Waals surface area contributed by atoms with Gasteiger partial charge in [0, 0.05) is 17.3 Å². The SMILES string of the molecule is O=C(Nc1ccc(-c2[nH]ncc2-c2nc3ccccc3o2)cc1)Nc1ccc(F)cc1F. The second kappa shape index (κ2) is 7.95. The van der Waals surface area contributed by atoms with Crippen LogP contribution in [0.1, 0.15) is 0 Å². The van der Waals surface area contributed by atoms with Gasteiger partial charge in [0.1, 0.15) is 17.2 Å². The summed E-state index contributed by atoms with van der Waals surface area (Å²) in [6, 6.07) is 16.7. The molecule has 158 valence electrons. The molecule has 3 aromatic carbocycles. The summed E-state index contributed by atoms with van der Waals surface area (Å²) in [6.07, 6.45) is 1.64. The summed E-state index contributed by atoms with van der Waals surface area (Å²) in [4.78, 5) is 16.6. The number of fused-ring (bicyclic) bond motifs is 1. The van der Waals surface area contributed by atoms with E-state index in [1.54, 1.807) is 30.5 Å². The van der Waals surface area contributed by atoms with Gasteiger partial charge in [0.15, 0.2) is 5.58 Å². The minimum Gasteiger partial charge on any atom is -0.436 e. The van der Waals surface area contributed by atoms with E-state index < -0.39 is 17.7 Å². The number of aromatic nitrogens is 3. The molecule has 0 atom stereocenters. The van der Waals surface area contributed by atoms with Gasteiger partial charge >= 0.3 is 6.03 Å². The molecule has 0 aliphatic carbocycles. The van der Waals surface area contributed by atoms with Gasteiger partial charge in [-0.25, -0.2) is 18.6 Å². The molecule has 0 fully saturated rings. The van der Waals surface area contributed by atoms with Crippen LogP contribution in [0.2, 0.25) is 0 Å². The normalized spacial score (nSPS) is 10.9. The number of para-hydroxylation sites is 2. The van der Waals surface area contributed by atoms with E-state index >= 15 is 0 Å². The largest absolute Gasteiger partial charge is 0.436 e. The van der Waals surface area contributed by atoms with E-state index in [1.165, 1.54) is 0 Å². The number of nitrogens with one attached hydrogen (secondary N) is 3. The summed E-state index contributed by atoms with van der Waals surface area (Å²) in [6.45, 7) is 0. The molecule has 32 heavy (non-hydrogen) atoms. The summed E-state index contributed by atoms with van der Waals surface area (Å²) in [5.74, 6) is -1.14. The van der Waals surface area contributed by atoms with Crippen LogP contribution in [0.25, 0.3) is 33.8 Å². The lowest BCUT2D eigenvalue weighted by Gasteiger charge is -2.09. The molecule has 5 aromatic rings. The topological polar surface area (TPSA) is 95.8 Å². The Morgan fingerprint density at radius 2 is 1.78 bits per heavy atom. The van der Waals surface area contributed by atoms with Gasteiger partial charge in [0.25, 0.3) is 0 Å². The maximum Gasteiger partial charge on any atom is 0.323 e. The van der Waals surface area contributed by atoms with E-state index in [1.807, 2.05) is 24.3 Å². The molecular weight excluding hydrogens is 416 g/mol. The van der Waals surface area contributed by atoms with Crippen LogP contribution >= 0.6 is 0 Å². The Morgan fingerprint density at radius 3 is 2.56 bits per heavy atom. The van der Waals surface area contributed by atoms with Gasteiger partial charge in [-0.3, -0.25) is 5.10 Å². The molecule has 2 aromatic heterocycles. The van der Waals surface area contributed by atoms with E-state index in [-0.39, 0.29) is 5.69 Å². The number of nitrogens with zero attached hydrogens (tertiary/aromatic N) is 2. The van der Waals surface area contributed by atoms with Crippen molar-refractivity contribution in [3.05, 3.63) is 84.6 Å². The highest BCUT2D eigenvalue weighted by Gasteiger charge is 2.16. The number of anilines is 2. The summed E-state index contributed by atoms with van der Waals surface area (Å²) in [7, 11) is 0. The Hall–Kier alpha value is -4.53. The smallest absolute Gasteiger partial charge is 0.323 e. The third-order valence-corrected chi connectivity index (χ3v) is 4.77. The van der Waals surface area contributed by atoms with Crippen molar-refractivity contribution in [2.24, 2.45) is 0 Å². The molecule has 9 heteroatoms. The zero-order valence-corrected chi connectivity index (χ0v) is 16.4. The molecule has 0 bridgehead atoms. The van der Waals surface area contributed by atoms with E-state index in [0.717, 1.165) is 23.2 Å². The molecule has 2 amide bonds. The number of carbonyl (C=O) groups is 1. The molecule has 0 aliphatic heterocycles. The molecule has 3 N–H and O–H groups in total. The van der Waals surface area contributed by atoms with Crippen LogP contribution in [0.15, 0.2) is 77.3 Å². The number of urea groups is 1. The highest BCUT2D eigenvalue weighted by atomic mass is 19.1. The summed E-state index contributed by atoms with van der Waals surface area (Å²) in [5.41, 5.74) is 4.00. The van der Waals surface area contributed by atoms with Gasteiger partial charge in [0.05, 0.1) is 23.1 Å². The van der Waals surface area contributed by atoms with Crippen LogP contribution in [0.3, 0.4) is 0 Å². The van der Waals surface area contributed by atoms with Crippen molar-refractivity contribution in [3.63, 3.8) is 0 Å². The minimum absolute atomic E-state index is 0.124. The predicted octanol–water partition coefficient (Wildman–Crippen LogP) is 5.81. The number of amides is 2. The van der Waals surface area contributed by atoms with Crippen molar-refractivity contribution < 1.29 is 18.0 Å². The van der Waals surface area contributed by atoms with E-state index in [4.69, 9.17) is 4.42 Å². The van der Waals surface area contributed by atoms with Crippen molar-refractivity contribution in [2.75, 3.05) is 10.6 Å². The van der Waals surface area contributed by atoms with Gasteiger partial charge < -0.3 is 15.1 Å². The van der Waals surface area contributed by atoms with Gasteiger partial charge in [-0.2, -0.15) is 5.10 Å². The second-order valence-corrected chi connectivity index (χ2v) is 6.93. The Labute approximate surface area is 180 Å². The zero-order valence-electron chi connectivity index (χ0n) is 16.4. The monoisotopic (exact) mass is 431 g/mol. The number of H-pyrrole nitrogens is 1. The molecule has 7 nitrogen and oxygen atoms in total. The first-order valence-electron chi connectivity index (χ1n) is 9.59. The van der Waals surface area contributed by atoms with Gasteiger partial charge in [-0.15, -0.1) is 0 Å². The first-order valence-corrected chi connectivity index (χ1v) is 9.59. The predicted molar refractivity (Wildman–Crippen MR) is 116 cm³/mol. The summed E-state index contributed by atoms with van der Waals surface area (Å²) in [5, 5.41) is 12.0. The Bertz CT molecular complexity index is 1390. The standard InChI is InChI=1S/C23H15F2N5O2/c24-14-7-10-18(17(25)11-14)29-23(31)27-15-8-5-13(6-9-15)21-16(12-26-30-21)22-28-19-3-1-2-4-20(19)32-22/h1-12H,(H,26,30)(H2,27,29,31). The number of oxazole rings is 1. The van der Waals surface area contributed by atoms with Crippen LogP contribution in [-0.2, 0) is 0 Å². The van der Waals surface area contributed by atoms with Gasteiger partial charge in [-0.1, -0.05) is 24.3 Å². The van der Waals surface area contributed by atoms with Gasteiger partial charge in [0.2, 0.25) is 5.89 Å². The van der Waals surface area contributed by atoms with Crippen molar-refractivity contribution >= 4 is 28.5 Å². The Balaban J connectivity index is 1.33. The Morgan fingerprint density at radius 1 is 0.969 bits per heavy atom.